The van der Waals surface area contributed by atoms with Crippen LogP contribution < -0.4 is 5.32 Å². The van der Waals surface area contributed by atoms with Crippen molar-refractivity contribution in [2.45, 2.75) is 32.6 Å². The Bertz CT molecular complexity index is 747. The summed E-state index contributed by atoms with van der Waals surface area (Å²) in [7, 11) is 0. The number of carbonyl (C=O) groups excluding carboxylic acids is 2. The molecule has 1 N–H and O–H groups in total. The normalized spacial score (nSPS) is 14.2. The molecule has 0 unspecified atom stereocenters. The molecular formula is C21H24N2O2. The van der Waals surface area contributed by atoms with Crippen molar-refractivity contribution in [2.24, 2.45) is 0 Å². The largest absolute Gasteiger partial charge is 0.339 e. The standard InChI is InChI=1S/C21H24N2O2/c1-16-7-3-4-8-18(16)15-20(24)22-19-11-9-17(10-12-19)21(25)23-13-5-2-6-14-23/h3-4,7-12H,2,5-6,13-15H2,1H3,(H,22,24). The van der Waals surface area contributed by atoms with Gasteiger partial charge in [0, 0.05) is 24.3 Å². The summed E-state index contributed by atoms with van der Waals surface area (Å²) < 4.78 is 0. The summed E-state index contributed by atoms with van der Waals surface area (Å²) in [6, 6.07) is 15.1. The summed E-state index contributed by atoms with van der Waals surface area (Å²) in [5.41, 5.74) is 3.53. The van der Waals surface area contributed by atoms with Gasteiger partial charge in [0.15, 0.2) is 0 Å². The molecule has 1 aliphatic rings. The van der Waals surface area contributed by atoms with Crippen molar-refractivity contribution in [3.63, 3.8) is 0 Å². The lowest BCUT2D eigenvalue weighted by Gasteiger charge is -2.26. The number of rotatable bonds is 4. The van der Waals surface area contributed by atoms with Crippen LogP contribution in [0.25, 0.3) is 0 Å². The van der Waals surface area contributed by atoms with Crippen LogP contribution in [-0.4, -0.2) is 29.8 Å². The Hall–Kier alpha value is -2.62. The topological polar surface area (TPSA) is 49.4 Å². The highest BCUT2D eigenvalue weighted by Gasteiger charge is 2.18. The summed E-state index contributed by atoms with van der Waals surface area (Å²) in [6.07, 6.45) is 3.72. The van der Waals surface area contributed by atoms with E-state index in [1.54, 1.807) is 24.3 Å². The zero-order chi connectivity index (χ0) is 17.6. The molecule has 0 spiro atoms. The first kappa shape index (κ1) is 17.2. The Labute approximate surface area is 148 Å². The number of likely N-dealkylation sites (tertiary alicyclic amines) is 1. The first-order valence-electron chi connectivity index (χ1n) is 8.87. The first-order valence-corrected chi connectivity index (χ1v) is 8.87. The number of hydrogen-bond acceptors (Lipinski definition) is 2. The molecule has 2 aromatic rings. The molecular weight excluding hydrogens is 312 g/mol. The zero-order valence-corrected chi connectivity index (χ0v) is 14.6. The third-order valence-electron chi connectivity index (χ3n) is 4.67. The van der Waals surface area contributed by atoms with Gasteiger partial charge >= 0.3 is 0 Å². The summed E-state index contributed by atoms with van der Waals surface area (Å²) in [6.45, 7) is 3.69. The summed E-state index contributed by atoms with van der Waals surface area (Å²) >= 11 is 0. The molecule has 25 heavy (non-hydrogen) atoms. The van der Waals surface area contributed by atoms with E-state index in [4.69, 9.17) is 0 Å². The van der Waals surface area contributed by atoms with Crippen molar-refractivity contribution in [2.75, 3.05) is 18.4 Å². The fourth-order valence-electron chi connectivity index (χ4n) is 3.16. The van der Waals surface area contributed by atoms with Crippen molar-refractivity contribution in [3.8, 4) is 0 Å². The Kier molecular flexibility index (Phi) is 5.49. The van der Waals surface area contributed by atoms with Gasteiger partial charge in [-0.2, -0.15) is 0 Å². The number of aryl methyl sites for hydroxylation is 1. The monoisotopic (exact) mass is 336 g/mol. The van der Waals surface area contributed by atoms with Gasteiger partial charge in [-0.15, -0.1) is 0 Å². The molecule has 1 heterocycles. The molecule has 4 heteroatoms. The molecule has 2 amide bonds. The number of benzene rings is 2. The molecule has 0 radical (unpaired) electrons. The van der Waals surface area contributed by atoms with E-state index in [1.807, 2.05) is 36.1 Å². The molecule has 1 aliphatic heterocycles. The van der Waals surface area contributed by atoms with E-state index in [-0.39, 0.29) is 11.8 Å². The predicted molar refractivity (Wildman–Crippen MR) is 99.7 cm³/mol. The maximum atomic E-state index is 12.5. The fourth-order valence-corrected chi connectivity index (χ4v) is 3.16. The van der Waals surface area contributed by atoms with Crippen LogP contribution in [0.5, 0.6) is 0 Å². The molecule has 2 aromatic carbocycles. The molecule has 0 saturated carbocycles. The van der Waals surface area contributed by atoms with Crippen LogP contribution in [0, 0.1) is 6.92 Å². The minimum absolute atomic E-state index is 0.0515. The Morgan fingerprint density at radius 2 is 1.64 bits per heavy atom. The van der Waals surface area contributed by atoms with Gasteiger partial charge in [0.1, 0.15) is 0 Å². The highest BCUT2D eigenvalue weighted by Crippen LogP contribution is 2.16. The van der Waals surface area contributed by atoms with Crippen LogP contribution in [0.4, 0.5) is 5.69 Å². The van der Waals surface area contributed by atoms with Crippen LogP contribution in [0.3, 0.4) is 0 Å². The fraction of sp³-hybridized carbons (Fsp3) is 0.333. The zero-order valence-electron chi connectivity index (χ0n) is 14.6. The minimum atomic E-state index is -0.0515. The number of anilines is 1. The van der Waals surface area contributed by atoms with Crippen molar-refractivity contribution in [1.82, 2.24) is 4.90 Å². The highest BCUT2D eigenvalue weighted by atomic mass is 16.2. The van der Waals surface area contributed by atoms with Crippen LogP contribution in [0.2, 0.25) is 0 Å². The molecule has 0 atom stereocenters. The van der Waals surface area contributed by atoms with E-state index >= 15 is 0 Å². The van der Waals surface area contributed by atoms with E-state index in [1.165, 1.54) is 6.42 Å². The molecule has 1 saturated heterocycles. The molecule has 1 fully saturated rings. The lowest BCUT2D eigenvalue weighted by Crippen LogP contribution is -2.35. The second-order valence-electron chi connectivity index (χ2n) is 6.58. The number of piperidine rings is 1. The summed E-state index contributed by atoms with van der Waals surface area (Å²) in [5.74, 6) is 0.0295. The Balaban J connectivity index is 1.59. The van der Waals surface area contributed by atoms with Crippen LogP contribution in [-0.2, 0) is 11.2 Å². The molecule has 0 aliphatic carbocycles. The van der Waals surface area contributed by atoms with Gasteiger partial charge in [-0.05, 0) is 61.6 Å². The van der Waals surface area contributed by atoms with Crippen molar-refractivity contribution < 1.29 is 9.59 Å². The van der Waals surface area contributed by atoms with Gasteiger partial charge < -0.3 is 10.2 Å². The molecule has 0 aromatic heterocycles. The van der Waals surface area contributed by atoms with Crippen molar-refractivity contribution in [3.05, 3.63) is 65.2 Å². The van der Waals surface area contributed by atoms with Gasteiger partial charge in [-0.25, -0.2) is 0 Å². The van der Waals surface area contributed by atoms with E-state index in [0.29, 0.717) is 17.7 Å². The van der Waals surface area contributed by atoms with E-state index in [0.717, 1.165) is 37.1 Å². The summed E-state index contributed by atoms with van der Waals surface area (Å²) in [4.78, 5) is 26.6. The van der Waals surface area contributed by atoms with Gasteiger partial charge in [0.2, 0.25) is 5.91 Å². The lowest BCUT2D eigenvalue weighted by molar-refractivity contribution is -0.115. The smallest absolute Gasteiger partial charge is 0.253 e. The third kappa shape index (κ3) is 4.47. The average Bonchev–Trinajstić information content (AvgIpc) is 2.64. The van der Waals surface area contributed by atoms with Gasteiger partial charge in [-0.1, -0.05) is 24.3 Å². The highest BCUT2D eigenvalue weighted by molar-refractivity contribution is 5.96. The Morgan fingerprint density at radius 3 is 2.32 bits per heavy atom. The minimum Gasteiger partial charge on any atom is -0.339 e. The average molecular weight is 336 g/mol. The van der Waals surface area contributed by atoms with E-state index < -0.39 is 0 Å². The number of amides is 2. The number of nitrogens with zero attached hydrogens (tertiary/aromatic N) is 1. The molecule has 130 valence electrons. The van der Waals surface area contributed by atoms with Gasteiger partial charge in [-0.3, -0.25) is 9.59 Å². The SMILES string of the molecule is Cc1ccccc1CC(=O)Nc1ccc(C(=O)N2CCCCC2)cc1. The quantitative estimate of drug-likeness (QED) is 0.923. The van der Waals surface area contributed by atoms with Crippen LogP contribution in [0.1, 0.15) is 40.7 Å². The van der Waals surface area contributed by atoms with Gasteiger partial charge in [0.05, 0.1) is 6.42 Å². The summed E-state index contributed by atoms with van der Waals surface area (Å²) in [5, 5.41) is 2.90. The van der Waals surface area contributed by atoms with Crippen molar-refractivity contribution in [1.29, 1.82) is 0 Å². The third-order valence-corrected chi connectivity index (χ3v) is 4.67. The first-order chi connectivity index (χ1) is 12.1. The molecule has 3 rings (SSSR count). The van der Waals surface area contributed by atoms with E-state index in [2.05, 4.69) is 5.32 Å². The second-order valence-corrected chi connectivity index (χ2v) is 6.58. The van der Waals surface area contributed by atoms with E-state index in [9.17, 15) is 9.59 Å². The predicted octanol–water partition coefficient (Wildman–Crippen LogP) is 3.80. The maximum Gasteiger partial charge on any atom is 0.253 e. The van der Waals surface area contributed by atoms with Gasteiger partial charge in [0.25, 0.3) is 5.91 Å². The van der Waals surface area contributed by atoms with Crippen LogP contribution in [0.15, 0.2) is 48.5 Å². The van der Waals surface area contributed by atoms with Crippen molar-refractivity contribution >= 4 is 17.5 Å². The number of carbonyl (C=O) groups is 2. The second kappa shape index (κ2) is 7.97. The lowest BCUT2D eigenvalue weighted by atomic mass is 10.1. The number of hydrogen-bond donors (Lipinski definition) is 1. The maximum absolute atomic E-state index is 12.5. The Morgan fingerprint density at radius 1 is 0.960 bits per heavy atom. The molecule has 0 bridgehead atoms. The number of nitrogens with one attached hydrogen (secondary N) is 1. The molecule has 4 nitrogen and oxygen atoms in total. The van der Waals surface area contributed by atoms with Crippen LogP contribution >= 0.6 is 0 Å².